The Morgan fingerprint density at radius 3 is 2.00 bits per heavy atom. The van der Waals surface area contributed by atoms with Gasteiger partial charge in [-0.1, -0.05) is 0 Å². The van der Waals surface area contributed by atoms with Crippen LogP contribution in [-0.2, 0) is 23.7 Å². The van der Waals surface area contributed by atoms with E-state index in [1.807, 2.05) is 27.7 Å². The average Bonchev–Trinajstić information content (AvgIpc) is 2.62. The molecule has 98 valence electrons. The zero-order valence-electron chi connectivity index (χ0n) is 10.5. The van der Waals surface area contributed by atoms with E-state index in [1.165, 1.54) is 0 Å². The molecule has 17 heavy (non-hydrogen) atoms. The number of nitrogens with two attached hydrogens (primary N) is 1. The van der Waals surface area contributed by atoms with Crippen LogP contribution in [-0.4, -0.2) is 42.4 Å². The number of fused-ring (bicyclic) bond motifs is 3. The van der Waals surface area contributed by atoms with Gasteiger partial charge in [0.05, 0.1) is 0 Å². The van der Waals surface area contributed by atoms with E-state index in [2.05, 4.69) is 0 Å². The molecule has 6 nitrogen and oxygen atoms in total. The number of hydrogen-bond donors (Lipinski definition) is 1. The number of rotatable bonds is 0. The van der Waals surface area contributed by atoms with Gasteiger partial charge in [-0.15, -0.1) is 0 Å². The minimum absolute atomic E-state index is 0.250. The van der Waals surface area contributed by atoms with Crippen molar-refractivity contribution in [3.05, 3.63) is 0 Å². The second-order valence-electron chi connectivity index (χ2n) is 5.63. The third-order valence-electron chi connectivity index (χ3n) is 3.19. The Bertz CT molecular complexity index is 332. The van der Waals surface area contributed by atoms with Gasteiger partial charge in [0.15, 0.2) is 17.9 Å². The van der Waals surface area contributed by atoms with E-state index >= 15 is 0 Å². The lowest BCUT2D eigenvalue weighted by Gasteiger charge is -2.35. The molecule has 0 saturated carbocycles. The van der Waals surface area contributed by atoms with Crippen molar-refractivity contribution in [3.8, 4) is 0 Å². The molecular weight excluding hydrogens is 226 g/mol. The predicted octanol–water partition coefficient (Wildman–Crippen LogP) is 0.299. The summed E-state index contributed by atoms with van der Waals surface area (Å²) in [6.45, 7) is 7.40. The first-order valence-electron chi connectivity index (χ1n) is 5.90. The van der Waals surface area contributed by atoms with Crippen molar-refractivity contribution < 1.29 is 23.7 Å². The standard InChI is InChI=1S/C11H19NO5/c1-10(2)14-5-6(15-10)8(12)13-9-7(5)16-11(3,4)17-9/h5-9H,12H2,1-4H3/t5-,6+,7+,8-,9+/m0/s1. The summed E-state index contributed by atoms with van der Waals surface area (Å²) in [5.74, 6) is -1.35. The Labute approximate surface area is 100 Å². The van der Waals surface area contributed by atoms with E-state index in [9.17, 15) is 0 Å². The molecule has 3 heterocycles. The fourth-order valence-corrected chi connectivity index (χ4v) is 2.64. The van der Waals surface area contributed by atoms with Crippen molar-refractivity contribution >= 4 is 0 Å². The second kappa shape index (κ2) is 3.40. The highest BCUT2D eigenvalue weighted by Gasteiger charge is 2.59. The molecule has 3 saturated heterocycles. The van der Waals surface area contributed by atoms with Gasteiger partial charge in [0.2, 0.25) is 0 Å². The molecule has 0 amide bonds. The van der Waals surface area contributed by atoms with Gasteiger partial charge in [-0.05, 0) is 27.7 Å². The summed E-state index contributed by atoms with van der Waals surface area (Å²) in [6, 6.07) is 0. The van der Waals surface area contributed by atoms with Crippen LogP contribution in [0.15, 0.2) is 0 Å². The Morgan fingerprint density at radius 2 is 1.29 bits per heavy atom. The SMILES string of the molecule is CC1(C)O[C@H]2[C@@H](O1)[C@@H](N)O[C@@H]1OC(C)(C)O[C@@H]12. The summed E-state index contributed by atoms with van der Waals surface area (Å²) in [5, 5.41) is 0. The molecule has 3 fully saturated rings. The van der Waals surface area contributed by atoms with Crippen LogP contribution < -0.4 is 5.73 Å². The Balaban J connectivity index is 1.86. The summed E-state index contributed by atoms with van der Waals surface area (Å²) in [6.07, 6.45) is -1.90. The summed E-state index contributed by atoms with van der Waals surface area (Å²) >= 11 is 0. The van der Waals surface area contributed by atoms with E-state index < -0.39 is 24.1 Å². The highest BCUT2D eigenvalue weighted by atomic mass is 16.9. The first-order valence-corrected chi connectivity index (χ1v) is 5.90. The van der Waals surface area contributed by atoms with Crippen LogP contribution in [0.2, 0.25) is 0 Å². The van der Waals surface area contributed by atoms with Crippen molar-refractivity contribution in [1.29, 1.82) is 0 Å². The topological polar surface area (TPSA) is 72.2 Å². The number of hydrogen-bond acceptors (Lipinski definition) is 6. The van der Waals surface area contributed by atoms with Gasteiger partial charge in [0.1, 0.15) is 24.5 Å². The normalized spacial score (nSPS) is 51.0. The molecule has 6 heteroatoms. The summed E-state index contributed by atoms with van der Waals surface area (Å²) in [7, 11) is 0. The van der Waals surface area contributed by atoms with Crippen LogP contribution in [0.1, 0.15) is 27.7 Å². The summed E-state index contributed by atoms with van der Waals surface area (Å²) in [5.41, 5.74) is 5.92. The Morgan fingerprint density at radius 1 is 0.765 bits per heavy atom. The van der Waals surface area contributed by atoms with Gasteiger partial charge in [0.25, 0.3) is 0 Å². The van der Waals surface area contributed by atoms with Crippen LogP contribution in [0.4, 0.5) is 0 Å². The smallest absolute Gasteiger partial charge is 0.191 e. The highest BCUT2D eigenvalue weighted by molar-refractivity contribution is 4.98. The van der Waals surface area contributed by atoms with Gasteiger partial charge in [-0.2, -0.15) is 0 Å². The molecule has 0 bridgehead atoms. The highest BCUT2D eigenvalue weighted by Crippen LogP contribution is 2.42. The molecule has 3 rings (SSSR count). The first-order chi connectivity index (χ1) is 7.77. The van der Waals surface area contributed by atoms with Crippen LogP contribution >= 0.6 is 0 Å². The fraction of sp³-hybridized carbons (Fsp3) is 1.00. The molecule has 0 aliphatic carbocycles. The predicted molar refractivity (Wildman–Crippen MR) is 56.7 cm³/mol. The van der Waals surface area contributed by atoms with Gasteiger partial charge >= 0.3 is 0 Å². The minimum Gasteiger partial charge on any atom is -0.341 e. The lowest BCUT2D eigenvalue weighted by atomic mass is 10.0. The summed E-state index contributed by atoms with van der Waals surface area (Å²) < 4.78 is 28.6. The van der Waals surface area contributed by atoms with Gasteiger partial charge in [-0.3, -0.25) is 0 Å². The molecule has 3 aliphatic heterocycles. The average molecular weight is 245 g/mol. The third kappa shape index (κ3) is 1.89. The fourth-order valence-electron chi connectivity index (χ4n) is 2.64. The van der Waals surface area contributed by atoms with Crippen LogP contribution in [0.3, 0.4) is 0 Å². The molecule has 0 spiro atoms. The molecular formula is C11H19NO5. The lowest BCUT2D eigenvalue weighted by Crippen LogP contribution is -2.58. The minimum atomic E-state index is -0.681. The molecule has 0 aromatic rings. The van der Waals surface area contributed by atoms with Crippen molar-refractivity contribution in [2.45, 2.75) is 70.1 Å². The quantitative estimate of drug-likeness (QED) is 0.661. The maximum Gasteiger partial charge on any atom is 0.191 e. The first kappa shape index (κ1) is 11.8. The van der Waals surface area contributed by atoms with Gasteiger partial charge in [-0.25, -0.2) is 0 Å². The zero-order valence-corrected chi connectivity index (χ0v) is 10.5. The molecule has 0 aromatic carbocycles. The molecule has 5 atom stereocenters. The van der Waals surface area contributed by atoms with Crippen molar-refractivity contribution in [3.63, 3.8) is 0 Å². The Hall–Kier alpha value is -0.240. The van der Waals surface area contributed by atoms with E-state index in [1.54, 1.807) is 0 Å². The maximum absolute atomic E-state index is 5.92. The molecule has 0 unspecified atom stereocenters. The van der Waals surface area contributed by atoms with Crippen LogP contribution in [0.5, 0.6) is 0 Å². The van der Waals surface area contributed by atoms with Crippen molar-refractivity contribution in [2.24, 2.45) is 5.73 Å². The van der Waals surface area contributed by atoms with E-state index in [0.717, 1.165) is 0 Å². The number of ether oxygens (including phenoxy) is 5. The lowest BCUT2D eigenvalue weighted by molar-refractivity contribution is -0.232. The molecule has 0 aromatic heterocycles. The summed E-state index contributed by atoms with van der Waals surface area (Å²) in [4.78, 5) is 0. The largest absolute Gasteiger partial charge is 0.341 e. The Kier molecular flexibility index (Phi) is 2.37. The van der Waals surface area contributed by atoms with Crippen molar-refractivity contribution in [1.82, 2.24) is 0 Å². The molecule has 0 radical (unpaired) electrons. The van der Waals surface area contributed by atoms with Gasteiger partial charge < -0.3 is 29.4 Å². The van der Waals surface area contributed by atoms with Crippen LogP contribution in [0.25, 0.3) is 0 Å². The van der Waals surface area contributed by atoms with E-state index in [4.69, 9.17) is 29.4 Å². The molecule has 3 aliphatic rings. The zero-order chi connectivity index (χ0) is 12.4. The monoisotopic (exact) mass is 245 g/mol. The van der Waals surface area contributed by atoms with Gasteiger partial charge in [0, 0.05) is 0 Å². The van der Waals surface area contributed by atoms with E-state index in [0.29, 0.717) is 0 Å². The maximum atomic E-state index is 5.92. The van der Waals surface area contributed by atoms with E-state index in [-0.39, 0.29) is 18.3 Å². The third-order valence-corrected chi connectivity index (χ3v) is 3.19. The van der Waals surface area contributed by atoms with Crippen molar-refractivity contribution in [2.75, 3.05) is 0 Å². The van der Waals surface area contributed by atoms with Crippen LogP contribution in [0, 0.1) is 0 Å². The molecule has 2 N–H and O–H groups in total. The second-order valence-corrected chi connectivity index (χ2v) is 5.63.